The predicted octanol–water partition coefficient (Wildman–Crippen LogP) is 3.59. The van der Waals surface area contributed by atoms with Crippen LogP contribution in [0.2, 0.25) is 0 Å². The van der Waals surface area contributed by atoms with E-state index in [1.54, 1.807) is 31.1 Å². The number of nitrogens with one attached hydrogen (secondary N) is 1. The van der Waals surface area contributed by atoms with E-state index in [2.05, 4.69) is 5.32 Å². The lowest BCUT2D eigenvalue weighted by Crippen LogP contribution is -2.51. The Morgan fingerprint density at radius 2 is 1.68 bits per heavy atom. The minimum atomic E-state index is -0.571. The average molecular weight is 425 g/mol. The highest BCUT2D eigenvalue weighted by molar-refractivity contribution is 5.88. The van der Waals surface area contributed by atoms with Crippen LogP contribution in [0.25, 0.3) is 0 Å². The molecule has 0 aromatic heterocycles. The van der Waals surface area contributed by atoms with Gasteiger partial charge in [0.2, 0.25) is 5.91 Å². The summed E-state index contributed by atoms with van der Waals surface area (Å²) in [6.07, 6.45) is 4.97. The van der Waals surface area contributed by atoms with Crippen molar-refractivity contribution in [1.29, 1.82) is 0 Å². The third-order valence-corrected chi connectivity index (χ3v) is 5.77. The van der Waals surface area contributed by atoms with Crippen molar-refractivity contribution in [3.8, 4) is 11.5 Å². The largest absolute Gasteiger partial charge is 0.493 e. The monoisotopic (exact) mass is 424 g/mol. The first-order chi connectivity index (χ1) is 15.1. The summed E-state index contributed by atoms with van der Waals surface area (Å²) in [5.41, 5.74) is 1.12. The van der Waals surface area contributed by atoms with E-state index in [4.69, 9.17) is 9.47 Å². The second-order valence-electron chi connectivity index (χ2n) is 7.93. The lowest BCUT2D eigenvalue weighted by molar-refractivity contribution is -0.141. The molecule has 0 radical (unpaired) electrons. The minimum absolute atomic E-state index is 0.106. The topological polar surface area (TPSA) is 67.9 Å². The zero-order chi connectivity index (χ0) is 22.1. The van der Waals surface area contributed by atoms with Crippen LogP contribution in [0.4, 0.5) is 0 Å². The van der Waals surface area contributed by atoms with Crippen LogP contribution in [0, 0.1) is 0 Å². The third kappa shape index (κ3) is 6.48. The molecule has 0 spiro atoms. The van der Waals surface area contributed by atoms with E-state index in [0.29, 0.717) is 24.5 Å². The number of methoxy groups -OCH3 is 1. The van der Waals surface area contributed by atoms with Crippen LogP contribution in [0.1, 0.15) is 38.2 Å². The van der Waals surface area contributed by atoms with Gasteiger partial charge in [-0.25, -0.2) is 0 Å². The number of nitrogens with zero attached hydrogens (tertiary/aromatic N) is 1. The van der Waals surface area contributed by atoms with Crippen molar-refractivity contribution in [1.82, 2.24) is 10.2 Å². The summed E-state index contributed by atoms with van der Waals surface area (Å²) in [7, 11) is 1.56. The summed E-state index contributed by atoms with van der Waals surface area (Å²) in [6, 6.07) is 16.8. The molecule has 2 amide bonds. The molecule has 1 aliphatic carbocycles. The lowest BCUT2D eigenvalue weighted by atomic mass is 10.1. The lowest BCUT2D eigenvalue weighted by Gasteiger charge is -2.29. The van der Waals surface area contributed by atoms with Gasteiger partial charge in [-0.2, -0.15) is 0 Å². The van der Waals surface area contributed by atoms with Gasteiger partial charge in [0.1, 0.15) is 6.04 Å². The average Bonchev–Trinajstić information content (AvgIpc) is 3.31. The van der Waals surface area contributed by atoms with Gasteiger partial charge in [0.05, 0.1) is 7.11 Å². The number of amides is 2. The smallest absolute Gasteiger partial charge is 0.261 e. The summed E-state index contributed by atoms with van der Waals surface area (Å²) in [5, 5.41) is 3.11. The van der Waals surface area contributed by atoms with E-state index in [9.17, 15) is 9.59 Å². The predicted molar refractivity (Wildman–Crippen MR) is 120 cm³/mol. The number of benzene rings is 2. The fourth-order valence-electron chi connectivity index (χ4n) is 3.92. The Labute approximate surface area is 184 Å². The molecular weight excluding hydrogens is 392 g/mol. The zero-order valence-corrected chi connectivity index (χ0v) is 18.4. The van der Waals surface area contributed by atoms with Crippen molar-refractivity contribution in [2.45, 2.75) is 51.1 Å². The highest BCUT2D eigenvalue weighted by atomic mass is 16.5. The summed E-state index contributed by atoms with van der Waals surface area (Å²) >= 11 is 0. The molecule has 1 unspecified atom stereocenters. The highest BCUT2D eigenvalue weighted by Crippen LogP contribution is 2.25. The molecule has 1 saturated carbocycles. The second-order valence-corrected chi connectivity index (χ2v) is 7.93. The standard InChI is InChI=1S/C25H32N2O4/c1-19(25(29)26-21-12-6-7-13-21)27(17-16-20-10-4-3-5-11-20)24(28)18-31-23-15-9-8-14-22(23)30-2/h3-5,8-11,14-15,19,21H,6-7,12-13,16-18H2,1-2H3,(H,26,29). The van der Waals surface area contributed by atoms with Crippen molar-refractivity contribution >= 4 is 11.8 Å². The molecule has 3 rings (SSSR count). The molecule has 6 nitrogen and oxygen atoms in total. The molecule has 31 heavy (non-hydrogen) atoms. The van der Waals surface area contributed by atoms with Gasteiger partial charge in [0.25, 0.3) is 5.91 Å². The molecule has 0 bridgehead atoms. The normalized spacial score (nSPS) is 14.6. The van der Waals surface area contributed by atoms with E-state index in [1.165, 1.54) is 0 Å². The molecule has 1 N–H and O–H groups in total. The number of carbonyl (C=O) groups excluding carboxylic acids is 2. The molecule has 2 aromatic rings. The van der Waals surface area contributed by atoms with Crippen LogP contribution in [0.15, 0.2) is 54.6 Å². The summed E-state index contributed by atoms with van der Waals surface area (Å²) < 4.78 is 11.0. The number of hydrogen-bond acceptors (Lipinski definition) is 4. The van der Waals surface area contributed by atoms with Crippen LogP contribution >= 0.6 is 0 Å². The molecule has 0 saturated heterocycles. The van der Waals surface area contributed by atoms with E-state index in [-0.39, 0.29) is 24.5 Å². The van der Waals surface area contributed by atoms with Gasteiger partial charge in [-0.1, -0.05) is 55.3 Å². The van der Waals surface area contributed by atoms with Gasteiger partial charge in [0, 0.05) is 12.6 Å². The van der Waals surface area contributed by atoms with E-state index in [1.807, 2.05) is 42.5 Å². The Morgan fingerprint density at radius 1 is 1.03 bits per heavy atom. The van der Waals surface area contributed by atoms with Gasteiger partial charge in [0.15, 0.2) is 18.1 Å². The Kier molecular flexibility index (Phi) is 8.33. The SMILES string of the molecule is COc1ccccc1OCC(=O)N(CCc1ccccc1)C(C)C(=O)NC1CCCC1. The number of para-hydroxylation sites is 2. The number of ether oxygens (including phenoxy) is 2. The fourth-order valence-corrected chi connectivity index (χ4v) is 3.92. The zero-order valence-electron chi connectivity index (χ0n) is 18.4. The maximum atomic E-state index is 13.1. The maximum Gasteiger partial charge on any atom is 0.261 e. The number of hydrogen-bond donors (Lipinski definition) is 1. The molecule has 0 heterocycles. The Morgan fingerprint density at radius 3 is 2.35 bits per heavy atom. The first-order valence-corrected chi connectivity index (χ1v) is 11.0. The van der Waals surface area contributed by atoms with Crippen molar-refractivity contribution in [2.75, 3.05) is 20.3 Å². The summed E-state index contributed by atoms with van der Waals surface area (Å²) in [4.78, 5) is 27.6. The maximum absolute atomic E-state index is 13.1. The summed E-state index contributed by atoms with van der Waals surface area (Å²) in [6.45, 7) is 2.07. The molecule has 0 aliphatic heterocycles. The molecule has 2 aromatic carbocycles. The Hall–Kier alpha value is -3.02. The molecule has 1 atom stereocenters. The van der Waals surface area contributed by atoms with Crippen molar-refractivity contribution < 1.29 is 19.1 Å². The molecule has 6 heteroatoms. The fraction of sp³-hybridized carbons (Fsp3) is 0.440. The first kappa shape index (κ1) is 22.7. The Bertz CT molecular complexity index is 850. The number of rotatable bonds is 10. The second kappa shape index (κ2) is 11.4. The van der Waals surface area contributed by atoms with Gasteiger partial charge in [-0.15, -0.1) is 0 Å². The van der Waals surface area contributed by atoms with Gasteiger partial charge >= 0.3 is 0 Å². The minimum Gasteiger partial charge on any atom is -0.493 e. The summed E-state index contributed by atoms with van der Waals surface area (Å²) in [5.74, 6) is 0.740. The van der Waals surface area contributed by atoms with Gasteiger partial charge in [-0.3, -0.25) is 9.59 Å². The van der Waals surface area contributed by atoms with Crippen LogP contribution in [0.5, 0.6) is 11.5 Å². The van der Waals surface area contributed by atoms with Crippen molar-refractivity contribution in [3.63, 3.8) is 0 Å². The molecular formula is C25H32N2O4. The van der Waals surface area contributed by atoms with Crippen molar-refractivity contribution in [2.24, 2.45) is 0 Å². The number of carbonyl (C=O) groups is 2. The quantitative estimate of drug-likeness (QED) is 0.633. The van der Waals surface area contributed by atoms with Crippen LogP contribution in [-0.4, -0.2) is 49.1 Å². The van der Waals surface area contributed by atoms with E-state index < -0.39 is 6.04 Å². The van der Waals surface area contributed by atoms with E-state index >= 15 is 0 Å². The van der Waals surface area contributed by atoms with Crippen molar-refractivity contribution in [3.05, 3.63) is 60.2 Å². The molecule has 1 aliphatic rings. The third-order valence-electron chi connectivity index (χ3n) is 5.77. The highest BCUT2D eigenvalue weighted by Gasteiger charge is 2.28. The van der Waals surface area contributed by atoms with E-state index in [0.717, 1.165) is 31.2 Å². The molecule has 1 fully saturated rings. The Balaban J connectivity index is 1.67. The van der Waals surface area contributed by atoms with Crippen LogP contribution < -0.4 is 14.8 Å². The molecule has 166 valence electrons. The van der Waals surface area contributed by atoms with Crippen LogP contribution in [0.3, 0.4) is 0 Å². The first-order valence-electron chi connectivity index (χ1n) is 11.0. The van der Waals surface area contributed by atoms with Gasteiger partial charge < -0.3 is 19.7 Å². The van der Waals surface area contributed by atoms with Crippen LogP contribution in [-0.2, 0) is 16.0 Å². The van der Waals surface area contributed by atoms with Gasteiger partial charge in [-0.05, 0) is 43.9 Å².